The molecule has 1 aromatic rings. The third-order valence-electron chi connectivity index (χ3n) is 3.30. The lowest BCUT2D eigenvalue weighted by molar-refractivity contribution is 0.333. The number of fused-ring (bicyclic) bond motifs is 1. The Kier molecular flexibility index (Phi) is 3.72. The topological polar surface area (TPSA) is 24.8 Å². The van der Waals surface area contributed by atoms with Crippen molar-refractivity contribution in [2.45, 2.75) is 25.8 Å². The Morgan fingerprint density at radius 1 is 1.35 bits per heavy atom. The second-order valence-electron chi connectivity index (χ2n) is 4.40. The molecule has 0 saturated carbocycles. The summed E-state index contributed by atoms with van der Waals surface area (Å²) in [5, 5.41) is 0. The molecule has 0 aliphatic carbocycles. The first-order valence-corrected chi connectivity index (χ1v) is 5.90. The van der Waals surface area contributed by atoms with Crippen LogP contribution in [0.5, 0.6) is 0 Å². The number of hydrogen-bond donors (Lipinski definition) is 0. The van der Waals surface area contributed by atoms with Gasteiger partial charge in [0.1, 0.15) is 6.61 Å². The molecular formula is C13H17BrN2O. The SMILES string of the molecule is Br.CC1CCc2ccccc2N1C1=NCCO1. The first-order chi connectivity index (χ1) is 7.86. The molecular weight excluding hydrogens is 280 g/mol. The quantitative estimate of drug-likeness (QED) is 0.735. The molecule has 92 valence electrons. The maximum Gasteiger partial charge on any atom is 0.292 e. The Morgan fingerprint density at radius 3 is 2.94 bits per heavy atom. The number of rotatable bonds is 0. The van der Waals surface area contributed by atoms with E-state index >= 15 is 0 Å². The van der Waals surface area contributed by atoms with Crippen molar-refractivity contribution < 1.29 is 4.74 Å². The Bertz CT molecular complexity index is 433. The van der Waals surface area contributed by atoms with Gasteiger partial charge >= 0.3 is 0 Å². The highest BCUT2D eigenvalue weighted by Crippen LogP contribution is 2.31. The molecule has 1 atom stereocenters. The van der Waals surface area contributed by atoms with Gasteiger partial charge in [0.15, 0.2) is 0 Å². The summed E-state index contributed by atoms with van der Waals surface area (Å²) < 4.78 is 5.60. The largest absolute Gasteiger partial charge is 0.463 e. The smallest absolute Gasteiger partial charge is 0.292 e. The fourth-order valence-electron chi connectivity index (χ4n) is 2.45. The number of halogens is 1. The lowest BCUT2D eigenvalue weighted by Crippen LogP contribution is -2.42. The molecule has 0 radical (unpaired) electrons. The summed E-state index contributed by atoms with van der Waals surface area (Å²) in [5.74, 6) is 0. The summed E-state index contributed by atoms with van der Waals surface area (Å²) in [4.78, 5) is 6.67. The highest BCUT2D eigenvalue weighted by molar-refractivity contribution is 8.93. The van der Waals surface area contributed by atoms with Crippen LogP contribution in [-0.4, -0.2) is 25.2 Å². The van der Waals surface area contributed by atoms with Crippen LogP contribution in [0.2, 0.25) is 0 Å². The van der Waals surface area contributed by atoms with Crippen LogP contribution < -0.4 is 4.90 Å². The maximum absolute atomic E-state index is 5.60. The van der Waals surface area contributed by atoms with Crippen molar-refractivity contribution in [3.63, 3.8) is 0 Å². The van der Waals surface area contributed by atoms with E-state index in [1.807, 2.05) is 0 Å². The number of aryl methyl sites for hydroxylation is 1. The van der Waals surface area contributed by atoms with Crippen molar-refractivity contribution in [1.82, 2.24) is 0 Å². The number of anilines is 1. The number of benzene rings is 1. The molecule has 4 heteroatoms. The Labute approximate surface area is 112 Å². The second kappa shape index (κ2) is 5.08. The summed E-state index contributed by atoms with van der Waals surface area (Å²) in [7, 11) is 0. The van der Waals surface area contributed by atoms with Crippen molar-refractivity contribution >= 4 is 28.7 Å². The van der Waals surface area contributed by atoms with E-state index in [0.29, 0.717) is 6.04 Å². The summed E-state index contributed by atoms with van der Waals surface area (Å²) in [6.45, 7) is 3.75. The van der Waals surface area contributed by atoms with Gasteiger partial charge < -0.3 is 4.74 Å². The molecule has 2 heterocycles. The molecule has 2 aliphatic heterocycles. The highest BCUT2D eigenvalue weighted by atomic mass is 79.9. The first kappa shape index (κ1) is 12.4. The number of ether oxygens (including phenoxy) is 1. The van der Waals surface area contributed by atoms with E-state index in [2.05, 4.69) is 41.1 Å². The van der Waals surface area contributed by atoms with Gasteiger partial charge in [-0.25, -0.2) is 4.99 Å². The van der Waals surface area contributed by atoms with Crippen LogP contribution in [0.25, 0.3) is 0 Å². The van der Waals surface area contributed by atoms with E-state index in [1.54, 1.807) is 0 Å². The fraction of sp³-hybridized carbons (Fsp3) is 0.462. The number of amidine groups is 1. The zero-order valence-corrected chi connectivity index (χ0v) is 11.6. The summed E-state index contributed by atoms with van der Waals surface area (Å²) in [6.07, 6.45) is 2.32. The van der Waals surface area contributed by atoms with Crippen LogP contribution in [0.1, 0.15) is 18.9 Å². The van der Waals surface area contributed by atoms with Gasteiger partial charge in [0.25, 0.3) is 6.02 Å². The van der Waals surface area contributed by atoms with Crippen molar-refractivity contribution in [2.75, 3.05) is 18.1 Å². The van der Waals surface area contributed by atoms with Gasteiger partial charge in [-0.1, -0.05) is 18.2 Å². The van der Waals surface area contributed by atoms with E-state index in [0.717, 1.165) is 25.6 Å². The molecule has 0 aromatic heterocycles. The number of nitrogens with zero attached hydrogens (tertiary/aromatic N) is 2. The Hall–Kier alpha value is -1.03. The average Bonchev–Trinajstić information content (AvgIpc) is 2.82. The normalized spacial score (nSPS) is 22.3. The van der Waals surface area contributed by atoms with E-state index in [-0.39, 0.29) is 17.0 Å². The van der Waals surface area contributed by atoms with E-state index in [1.165, 1.54) is 17.7 Å². The van der Waals surface area contributed by atoms with Crippen molar-refractivity contribution in [3.8, 4) is 0 Å². The Morgan fingerprint density at radius 2 is 2.18 bits per heavy atom. The van der Waals surface area contributed by atoms with Crippen LogP contribution >= 0.6 is 17.0 Å². The lowest BCUT2D eigenvalue weighted by Gasteiger charge is -2.35. The van der Waals surface area contributed by atoms with E-state index < -0.39 is 0 Å². The van der Waals surface area contributed by atoms with Gasteiger partial charge in [0, 0.05) is 11.7 Å². The van der Waals surface area contributed by atoms with Gasteiger partial charge in [-0.3, -0.25) is 4.90 Å². The summed E-state index contributed by atoms with van der Waals surface area (Å²) in [5.41, 5.74) is 2.67. The lowest BCUT2D eigenvalue weighted by atomic mass is 9.97. The molecule has 3 rings (SSSR count). The first-order valence-electron chi connectivity index (χ1n) is 5.90. The molecule has 3 nitrogen and oxygen atoms in total. The molecule has 2 aliphatic rings. The minimum atomic E-state index is 0. The molecule has 1 aromatic carbocycles. The molecule has 1 unspecified atom stereocenters. The standard InChI is InChI=1S/C13H16N2O.BrH/c1-10-6-7-11-4-2-3-5-12(11)15(10)13-14-8-9-16-13;/h2-5,10H,6-9H2,1H3;1H. The third-order valence-corrected chi connectivity index (χ3v) is 3.30. The zero-order chi connectivity index (χ0) is 11.0. The van der Waals surface area contributed by atoms with Gasteiger partial charge in [0.05, 0.1) is 6.54 Å². The second-order valence-corrected chi connectivity index (χ2v) is 4.40. The van der Waals surface area contributed by atoms with Gasteiger partial charge in [-0.05, 0) is 31.4 Å². The van der Waals surface area contributed by atoms with Gasteiger partial charge in [-0.15, -0.1) is 17.0 Å². The average molecular weight is 297 g/mol. The summed E-state index contributed by atoms with van der Waals surface area (Å²) >= 11 is 0. The van der Waals surface area contributed by atoms with Crippen LogP contribution in [-0.2, 0) is 11.2 Å². The maximum atomic E-state index is 5.60. The molecule has 0 fully saturated rings. The van der Waals surface area contributed by atoms with E-state index in [4.69, 9.17) is 4.74 Å². The van der Waals surface area contributed by atoms with E-state index in [9.17, 15) is 0 Å². The Balaban J connectivity index is 0.00000108. The highest BCUT2D eigenvalue weighted by Gasteiger charge is 2.28. The number of para-hydroxylation sites is 1. The van der Waals surface area contributed by atoms with Crippen LogP contribution in [0.15, 0.2) is 29.3 Å². The van der Waals surface area contributed by atoms with Crippen molar-refractivity contribution in [2.24, 2.45) is 4.99 Å². The van der Waals surface area contributed by atoms with Crippen LogP contribution in [0.4, 0.5) is 5.69 Å². The zero-order valence-electron chi connectivity index (χ0n) is 9.93. The van der Waals surface area contributed by atoms with Gasteiger partial charge in [0.2, 0.25) is 0 Å². The predicted octanol–water partition coefficient (Wildman–Crippen LogP) is 2.79. The van der Waals surface area contributed by atoms with Crippen LogP contribution in [0, 0.1) is 0 Å². The molecule has 0 N–H and O–H groups in total. The molecule has 0 spiro atoms. The molecule has 0 amide bonds. The minimum Gasteiger partial charge on any atom is -0.463 e. The van der Waals surface area contributed by atoms with Crippen molar-refractivity contribution in [3.05, 3.63) is 29.8 Å². The third kappa shape index (κ3) is 2.18. The monoisotopic (exact) mass is 296 g/mol. The number of hydrogen-bond acceptors (Lipinski definition) is 3. The van der Waals surface area contributed by atoms with Crippen molar-refractivity contribution in [1.29, 1.82) is 0 Å². The van der Waals surface area contributed by atoms with Gasteiger partial charge in [-0.2, -0.15) is 0 Å². The summed E-state index contributed by atoms with van der Waals surface area (Å²) in [6, 6.07) is 9.83. The number of aliphatic imine (C=N–C) groups is 1. The molecule has 0 bridgehead atoms. The molecule has 0 saturated heterocycles. The van der Waals surface area contributed by atoms with Crippen LogP contribution in [0.3, 0.4) is 0 Å². The predicted molar refractivity (Wildman–Crippen MR) is 75.3 cm³/mol. The minimum absolute atomic E-state index is 0. The molecule has 17 heavy (non-hydrogen) atoms. The fourth-order valence-corrected chi connectivity index (χ4v) is 2.45.